The van der Waals surface area contributed by atoms with Crippen molar-refractivity contribution >= 4 is 0 Å². The molecule has 148 valence electrons. The highest BCUT2D eigenvalue weighted by atomic mass is 19.4. The Balaban J connectivity index is 1.70. The molecule has 0 spiro atoms. The molecule has 27 heavy (non-hydrogen) atoms. The van der Waals surface area contributed by atoms with Crippen molar-refractivity contribution < 1.29 is 13.2 Å². The number of imidazole rings is 1. The van der Waals surface area contributed by atoms with E-state index in [1.54, 1.807) is 23.2 Å². The van der Waals surface area contributed by atoms with E-state index in [9.17, 15) is 13.2 Å². The van der Waals surface area contributed by atoms with Crippen molar-refractivity contribution in [2.24, 2.45) is 5.92 Å². The van der Waals surface area contributed by atoms with Crippen molar-refractivity contribution in [1.29, 1.82) is 0 Å². The van der Waals surface area contributed by atoms with Crippen molar-refractivity contribution in [3.05, 3.63) is 48.0 Å². The predicted molar refractivity (Wildman–Crippen MR) is 101 cm³/mol. The van der Waals surface area contributed by atoms with Gasteiger partial charge in [-0.25, -0.2) is 4.98 Å². The van der Waals surface area contributed by atoms with Crippen LogP contribution in [0, 0.1) is 5.92 Å². The largest absolute Gasteiger partial charge is 0.416 e. The van der Waals surface area contributed by atoms with Gasteiger partial charge in [-0.05, 0) is 76.7 Å². The van der Waals surface area contributed by atoms with Gasteiger partial charge in [0, 0.05) is 23.1 Å². The van der Waals surface area contributed by atoms with Crippen molar-refractivity contribution in [3.63, 3.8) is 0 Å². The van der Waals surface area contributed by atoms with E-state index in [4.69, 9.17) is 0 Å². The van der Waals surface area contributed by atoms with Crippen LogP contribution in [0.25, 0.3) is 5.69 Å². The minimum absolute atomic E-state index is 0.207. The first kappa shape index (κ1) is 19.9. The first-order valence-corrected chi connectivity index (χ1v) is 9.64. The smallest absolute Gasteiger partial charge is 0.303 e. The summed E-state index contributed by atoms with van der Waals surface area (Å²) in [6.07, 6.45) is 3.22. The molecule has 0 radical (unpaired) electrons. The zero-order valence-electron chi connectivity index (χ0n) is 16.3. The van der Waals surface area contributed by atoms with Crippen LogP contribution in [0.2, 0.25) is 0 Å². The molecule has 1 saturated heterocycles. The summed E-state index contributed by atoms with van der Waals surface area (Å²) >= 11 is 0. The third-order valence-corrected chi connectivity index (χ3v) is 5.81. The van der Waals surface area contributed by atoms with Gasteiger partial charge in [-0.2, -0.15) is 13.2 Å². The standard InChI is InChI=1S/C21H28F3N3/c1-4-26-11-10-16(13-20(26,2)3)8-9-19-14-25-15-27(19)18-7-5-6-17(12-18)21(22,23)24/h5-7,12,14-16H,4,8-11,13H2,1-3H3. The number of likely N-dealkylation sites (tertiary alicyclic amines) is 1. The Bertz CT molecular complexity index is 764. The second-order valence-electron chi connectivity index (χ2n) is 8.09. The molecule has 1 aromatic heterocycles. The van der Waals surface area contributed by atoms with E-state index < -0.39 is 11.7 Å². The fourth-order valence-electron chi connectivity index (χ4n) is 4.34. The minimum Gasteiger partial charge on any atom is -0.303 e. The van der Waals surface area contributed by atoms with E-state index in [1.165, 1.54) is 18.6 Å². The molecule has 1 aliphatic heterocycles. The average molecular weight is 379 g/mol. The van der Waals surface area contributed by atoms with Gasteiger partial charge in [0.2, 0.25) is 0 Å². The number of aryl methyl sites for hydroxylation is 1. The first-order valence-electron chi connectivity index (χ1n) is 9.64. The van der Waals surface area contributed by atoms with Crippen LogP contribution in [0.15, 0.2) is 36.8 Å². The van der Waals surface area contributed by atoms with Gasteiger partial charge >= 0.3 is 6.18 Å². The quantitative estimate of drug-likeness (QED) is 0.700. The molecule has 2 heterocycles. The van der Waals surface area contributed by atoms with Crippen LogP contribution < -0.4 is 0 Å². The highest BCUT2D eigenvalue weighted by Gasteiger charge is 2.33. The number of hydrogen-bond acceptors (Lipinski definition) is 2. The van der Waals surface area contributed by atoms with E-state index in [-0.39, 0.29) is 5.54 Å². The van der Waals surface area contributed by atoms with Crippen LogP contribution in [-0.4, -0.2) is 33.1 Å². The molecule has 3 nitrogen and oxygen atoms in total. The summed E-state index contributed by atoms with van der Waals surface area (Å²) in [5, 5.41) is 0. The second-order valence-corrected chi connectivity index (χ2v) is 8.09. The van der Waals surface area contributed by atoms with Crippen LogP contribution in [0.4, 0.5) is 13.2 Å². The molecule has 1 aromatic carbocycles. The van der Waals surface area contributed by atoms with Crippen LogP contribution >= 0.6 is 0 Å². The maximum Gasteiger partial charge on any atom is 0.416 e. The van der Waals surface area contributed by atoms with Crippen molar-refractivity contribution in [2.45, 2.75) is 58.2 Å². The normalized spacial score (nSPS) is 20.7. The molecule has 2 aromatic rings. The van der Waals surface area contributed by atoms with E-state index in [0.717, 1.165) is 44.1 Å². The maximum absolute atomic E-state index is 13.0. The lowest BCUT2D eigenvalue weighted by Gasteiger charge is -2.45. The van der Waals surface area contributed by atoms with Crippen molar-refractivity contribution in [2.75, 3.05) is 13.1 Å². The molecule has 0 bridgehead atoms. The highest BCUT2D eigenvalue weighted by Crippen LogP contribution is 2.34. The summed E-state index contributed by atoms with van der Waals surface area (Å²) in [5.41, 5.74) is 1.05. The SMILES string of the molecule is CCN1CCC(CCc2cncn2-c2cccc(C(F)(F)F)c2)CC1(C)C. The fourth-order valence-corrected chi connectivity index (χ4v) is 4.34. The van der Waals surface area contributed by atoms with Gasteiger partial charge in [0.25, 0.3) is 0 Å². The van der Waals surface area contributed by atoms with Gasteiger partial charge in [0.15, 0.2) is 0 Å². The van der Waals surface area contributed by atoms with Gasteiger partial charge in [-0.1, -0.05) is 13.0 Å². The molecule has 0 N–H and O–H groups in total. The minimum atomic E-state index is -4.34. The van der Waals surface area contributed by atoms with Crippen LogP contribution in [0.3, 0.4) is 0 Å². The van der Waals surface area contributed by atoms with Gasteiger partial charge in [0.1, 0.15) is 0 Å². The Morgan fingerprint density at radius 1 is 1.26 bits per heavy atom. The predicted octanol–water partition coefficient (Wildman–Crippen LogP) is 5.33. The monoisotopic (exact) mass is 379 g/mol. The Hall–Kier alpha value is -1.82. The Kier molecular flexibility index (Phi) is 5.65. The average Bonchev–Trinajstić information content (AvgIpc) is 3.07. The van der Waals surface area contributed by atoms with Crippen molar-refractivity contribution in [1.82, 2.24) is 14.5 Å². The number of aromatic nitrogens is 2. The summed E-state index contributed by atoms with van der Waals surface area (Å²) in [6.45, 7) is 8.99. The van der Waals surface area contributed by atoms with Crippen molar-refractivity contribution in [3.8, 4) is 5.69 Å². The fraction of sp³-hybridized carbons (Fsp3) is 0.571. The molecular formula is C21H28F3N3. The van der Waals surface area contributed by atoms with E-state index in [1.807, 2.05) is 0 Å². The molecule has 1 fully saturated rings. The molecule has 0 amide bonds. The molecule has 6 heteroatoms. The van der Waals surface area contributed by atoms with Gasteiger partial charge in [-0.15, -0.1) is 0 Å². The molecular weight excluding hydrogens is 351 g/mol. The number of hydrogen-bond donors (Lipinski definition) is 0. The Morgan fingerprint density at radius 3 is 2.70 bits per heavy atom. The summed E-state index contributed by atoms with van der Waals surface area (Å²) in [6, 6.07) is 5.44. The van der Waals surface area contributed by atoms with Crippen LogP contribution in [-0.2, 0) is 12.6 Å². The van der Waals surface area contributed by atoms with Crippen LogP contribution in [0.1, 0.15) is 51.3 Å². The summed E-state index contributed by atoms with van der Waals surface area (Å²) in [5.74, 6) is 0.632. The molecule has 0 aliphatic carbocycles. The molecule has 1 aliphatic rings. The summed E-state index contributed by atoms with van der Waals surface area (Å²) in [7, 11) is 0. The summed E-state index contributed by atoms with van der Waals surface area (Å²) in [4.78, 5) is 6.71. The number of halogens is 3. The molecule has 1 atom stereocenters. The first-order chi connectivity index (χ1) is 12.7. The van der Waals surface area contributed by atoms with Gasteiger partial charge in [-0.3, -0.25) is 4.90 Å². The zero-order chi connectivity index (χ0) is 19.7. The lowest BCUT2D eigenvalue weighted by atomic mass is 9.80. The number of alkyl halides is 3. The van der Waals surface area contributed by atoms with E-state index >= 15 is 0 Å². The molecule has 3 rings (SSSR count). The van der Waals surface area contributed by atoms with E-state index in [2.05, 4.69) is 30.7 Å². The number of rotatable bonds is 5. The third kappa shape index (κ3) is 4.54. The lowest BCUT2D eigenvalue weighted by Crippen LogP contribution is -2.49. The van der Waals surface area contributed by atoms with Gasteiger partial charge < -0.3 is 4.57 Å². The maximum atomic E-state index is 13.0. The second kappa shape index (κ2) is 7.66. The van der Waals surface area contributed by atoms with Crippen LogP contribution in [0.5, 0.6) is 0 Å². The number of nitrogens with zero attached hydrogens (tertiary/aromatic N) is 3. The number of benzene rings is 1. The third-order valence-electron chi connectivity index (χ3n) is 5.81. The number of piperidine rings is 1. The van der Waals surface area contributed by atoms with E-state index in [0.29, 0.717) is 11.6 Å². The van der Waals surface area contributed by atoms with Gasteiger partial charge in [0.05, 0.1) is 11.9 Å². The summed E-state index contributed by atoms with van der Waals surface area (Å²) < 4.78 is 40.8. The Labute approximate surface area is 159 Å². The molecule has 0 saturated carbocycles. The molecule has 1 unspecified atom stereocenters. The lowest BCUT2D eigenvalue weighted by molar-refractivity contribution is -0.137. The Morgan fingerprint density at radius 2 is 2.04 bits per heavy atom. The highest BCUT2D eigenvalue weighted by molar-refractivity contribution is 5.38. The zero-order valence-corrected chi connectivity index (χ0v) is 16.3. The topological polar surface area (TPSA) is 21.1 Å².